The maximum Gasteiger partial charge on any atom is 0.223 e. The van der Waals surface area contributed by atoms with Crippen LogP contribution in [0.1, 0.15) is 39.0 Å². The summed E-state index contributed by atoms with van der Waals surface area (Å²) in [7, 11) is 0. The molecule has 2 saturated carbocycles. The van der Waals surface area contributed by atoms with Crippen LogP contribution in [0.5, 0.6) is 0 Å². The molecular formula is C15H26N2O. The van der Waals surface area contributed by atoms with Crippen molar-refractivity contribution in [1.29, 1.82) is 0 Å². The maximum atomic E-state index is 12.1. The van der Waals surface area contributed by atoms with Crippen molar-refractivity contribution in [2.24, 2.45) is 23.7 Å². The highest BCUT2D eigenvalue weighted by Crippen LogP contribution is 2.54. The number of hydrogen-bond acceptors (Lipinski definition) is 2. The third kappa shape index (κ3) is 2.71. The van der Waals surface area contributed by atoms with E-state index in [1.807, 2.05) is 0 Å². The molecule has 2 unspecified atom stereocenters. The van der Waals surface area contributed by atoms with Gasteiger partial charge < -0.3 is 10.2 Å². The zero-order valence-electron chi connectivity index (χ0n) is 11.5. The van der Waals surface area contributed by atoms with Gasteiger partial charge >= 0.3 is 0 Å². The van der Waals surface area contributed by atoms with Crippen molar-refractivity contribution in [2.75, 3.05) is 26.2 Å². The predicted octanol–water partition coefficient (Wildman–Crippen LogP) is 1.88. The molecule has 3 nitrogen and oxygen atoms in total. The van der Waals surface area contributed by atoms with Crippen molar-refractivity contribution in [3.05, 3.63) is 0 Å². The van der Waals surface area contributed by atoms with Gasteiger partial charge in [0, 0.05) is 12.5 Å². The molecule has 2 aliphatic carbocycles. The largest absolute Gasteiger partial charge is 0.356 e. The van der Waals surface area contributed by atoms with Crippen LogP contribution in [0.3, 0.4) is 0 Å². The maximum absolute atomic E-state index is 12.1. The number of piperidine rings is 1. The first kappa shape index (κ1) is 12.5. The molecular weight excluding hydrogens is 224 g/mol. The average molecular weight is 250 g/mol. The SMILES string of the molecule is CCN1CCC(CNC(=O)C2CC3CC3C2)CC1. The lowest BCUT2D eigenvalue weighted by atomic mass is 9.96. The van der Waals surface area contributed by atoms with E-state index in [0.29, 0.717) is 17.7 Å². The van der Waals surface area contributed by atoms with Crippen molar-refractivity contribution in [2.45, 2.75) is 39.0 Å². The molecule has 1 saturated heterocycles. The molecule has 3 heteroatoms. The van der Waals surface area contributed by atoms with E-state index in [2.05, 4.69) is 17.1 Å². The fraction of sp³-hybridized carbons (Fsp3) is 0.933. The van der Waals surface area contributed by atoms with Gasteiger partial charge in [0.25, 0.3) is 0 Å². The molecule has 2 atom stereocenters. The number of carbonyl (C=O) groups excluding carboxylic acids is 1. The molecule has 0 spiro atoms. The van der Waals surface area contributed by atoms with E-state index >= 15 is 0 Å². The summed E-state index contributed by atoms with van der Waals surface area (Å²) in [6, 6.07) is 0. The summed E-state index contributed by atoms with van der Waals surface area (Å²) < 4.78 is 0. The molecule has 102 valence electrons. The number of nitrogens with one attached hydrogen (secondary N) is 1. The van der Waals surface area contributed by atoms with Gasteiger partial charge in [0.15, 0.2) is 0 Å². The van der Waals surface area contributed by atoms with E-state index in [9.17, 15) is 4.79 Å². The average Bonchev–Trinajstić information content (AvgIpc) is 3.03. The van der Waals surface area contributed by atoms with E-state index in [-0.39, 0.29) is 0 Å². The number of likely N-dealkylation sites (tertiary alicyclic amines) is 1. The van der Waals surface area contributed by atoms with Crippen LogP contribution in [-0.2, 0) is 4.79 Å². The minimum absolute atomic E-state index is 0.347. The number of nitrogens with zero attached hydrogens (tertiary/aromatic N) is 1. The Balaban J connectivity index is 1.35. The molecule has 0 aromatic heterocycles. The van der Waals surface area contributed by atoms with Gasteiger partial charge in [0.1, 0.15) is 0 Å². The lowest BCUT2D eigenvalue weighted by Crippen LogP contribution is -2.39. The van der Waals surface area contributed by atoms with Crippen molar-refractivity contribution in [3.63, 3.8) is 0 Å². The third-order valence-electron chi connectivity index (χ3n) is 5.33. The van der Waals surface area contributed by atoms with Crippen molar-refractivity contribution in [1.82, 2.24) is 10.2 Å². The minimum Gasteiger partial charge on any atom is -0.356 e. The molecule has 0 radical (unpaired) electrons. The summed E-state index contributed by atoms with van der Waals surface area (Å²) in [5, 5.41) is 3.21. The van der Waals surface area contributed by atoms with Crippen LogP contribution < -0.4 is 5.32 Å². The highest BCUT2D eigenvalue weighted by molar-refractivity contribution is 5.79. The molecule has 1 amide bonds. The Morgan fingerprint density at radius 1 is 1.17 bits per heavy atom. The summed E-state index contributed by atoms with van der Waals surface area (Å²) in [6.07, 6.45) is 6.25. The highest BCUT2D eigenvalue weighted by atomic mass is 16.1. The normalized spacial score (nSPS) is 36.4. The quantitative estimate of drug-likeness (QED) is 0.826. The van der Waals surface area contributed by atoms with Gasteiger partial charge in [-0.1, -0.05) is 6.92 Å². The topological polar surface area (TPSA) is 32.3 Å². The van der Waals surface area contributed by atoms with Gasteiger partial charge in [-0.3, -0.25) is 4.79 Å². The molecule has 0 aromatic carbocycles. The molecule has 1 aliphatic heterocycles. The van der Waals surface area contributed by atoms with Crippen LogP contribution in [0.15, 0.2) is 0 Å². The summed E-state index contributed by atoms with van der Waals surface area (Å²) in [5.74, 6) is 3.24. The van der Waals surface area contributed by atoms with Crippen LogP contribution in [0, 0.1) is 23.7 Å². The first-order chi connectivity index (χ1) is 8.76. The zero-order chi connectivity index (χ0) is 12.5. The monoisotopic (exact) mass is 250 g/mol. The second-order valence-electron chi connectivity index (χ2n) is 6.55. The molecule has 3 fully saturated rings. The molecule has 1 N–H and O–H groups in total. The lowest BCUT2D eigenvalue weighted by molar-refractivity contribution is -0.125. The number of fused-ring (bicyclic) bond motifs is 1. The third-order valence-corrected chi connectivity index (χ3v) is 5.33. The van der Waals surface area contributed by atoms with Crippen molar-refractivity contribution < 1.29 is 4.79 Å². The van der Waals surface area contributed by atoms with E-state index < -0.39 is 0 Å². The van der Waals surface area contributed by atoms with Gasteiger partial charge in [0.2, 0.25) is 5.91 Å². The molecule has 18 heavy (non-hydrogen) atoms. The van der Waals surface area contributed by atoms with Crippen LogP contribution >= 0.6 is 0 Å². The summed E-state index contributed by atoms with van der Waals surface area (Å²) in [5.41, 5.74) is 0. The van der Waals surface area contributed by atoms with Gasteiger partial charge in [-0.25, -0.2) is 0 Å². The Hall–Kier alpha value is -0.570. The van der Waals surface area contributed by atoms with E-state index in [4.69, 9.17) is 0 Å². The highest BCUT2D eigenvalue weighted by Gasteiger charge is 2.47. The number of carbonyl (C=O) groups is 1. The van der Waals surface area contributed by atoms with Gasteiger partial charge in [0.05, 0.1) is 0 Å². The van der Waals surface area contributed by atoms with Crippen LogP contribution in [0.4, 0.5) is 0 Å². The van der Waals surface area contributed by atoms with Crippen molar-refractivity contribution in [3.8, 4) is 0 Å². The molecule has 1 heterocycles. The Kier molecular flexibility index (Phi) is 3.60. The summed E-state index contributed by atoms with van der Waals surface area (Å²) >= 11 is 0. The van der Waals surface area contributed by atoms with E-state index in [1.54, 1.807) is 0 Å². The summed E-state index contributed by atoms with van der Waals surface area (Å²) in [6.45, 7) is 6.74. The minimum atomic E-state index is 0.347. The Morgan fingerprint density at radius 3 is 2.44 bits per heavy atom. The standard InChI is InChI=1S/C15H26N2O/c1-2-17-5-3-11(4-6-17)10-16-15(18)14-8-12-7-13(12)9-14/h11-14H,2-10H2,1H3,(H,16,18). The number of hydrogen-bond donors (Lipinski definition) is 1. The van der Waals surface area contributed by atoms with Crippen molar-refractivity contribution >= 4 is 5.91 Å². The summed E-state index contributed by atoms with van der Waals surface area (Å²) in [4.78, 5) is 14.6. The molecule has 0 bridgehead atoms. The molecule has 3 rings (SSSR count). The smallest absolute Gasteiger partial charge is 0.223 e. The van der Waals surface area contributed by atoms with E-state index in [1.165, 1.54) is 51.7 Å². The second-order valence-corrected chi connectivity index (χ2v) is 6.55. The van der Waals surface area contributed by atoms with Gasteiger partial charge in [-0.15, -0.1) is 0 Å². The van der Waals surface area contributed by atoms with Gasteiger partial charge in [-0.05, 0) is 69.5 Å². The van der Waals surface area contributed by atoms with Crippen LogP contribution in [0.2, 0.25) is 0 Å². The number of rotatable bonds is 4. The Bertz CT molecular complexity index is 300. The number of amides is 1. The first-order valence-corrected chi connectivity index (χ1v) is 7.76. The first-order valence-electron chi connectivity index (χ1n) is 7.76. The lowest BCUT2D eigenvalue weighted by Gasteiger charge is -2.31. The van der Waals surface area contributed by atoms with Gasteiger partial charge in [-0.2, -0.15) is 0 Å². The van der Waals surface area contributed by atoms with Crippen LogP contribution in [0.25, 0.3) is 0 Å². The Labute approximate surface area is 110 Å². The second kappa shape index (κ2) is 5.20. The molecule has 0 aromatic rings. The fourth-order valence-electron chi connectivity index (χ4n) is 3.82. The zero-order valence-corrected chi connectivity index (χ0v) is 11.5. The Morgan fingerprint density at radius 2 is 1.83 bits per heavy atom. The van der Waals surface area contributed by atoms with E-state index in [0.717, 1.165) is 18.4 Å². The predicted molar refractivity (Wildman–Crippen MR) is 72.2 cm³/mol. The van der Waals surface area contributed by atoms with Crippen LogP contribution in [-0.4, -0.2) is 37.0 Å². The fourth-order valence-corrected chi connectivity index (χ4v) is 3.82. The molecule has 3 aliphatic rings.